The van der Waals surface area contributed by atoms with Crippen LogP contribution in [0.2, 0.25) is 0 Å². The van der Waals surface area contributed by atoms with E-state index >= 15 is 0 Å². The van der Waals surface area contributed by atoms with E-state index in [2.05, 4.69) is 27.7 Å². The molecule has 0 saturated carbocycles. The number of hydrogen-bond donors (Lipinski definition) is 1. The molecule has 0 heterocycles. The third kappa shape index (κ3) is 7.00. The Hall–Kier alpha value is -0.570. The van der Waals surface area contributed by atoms with Crippen molar-refractivity contribution in [2.24, 2.45) is 23.5 Å². The summed E-state index contributed by atoms with van der Waals surface area (Å²) in [5.74, 6) is 1.39. The van der Waals surface area contributed by atoms with E-state index in [1.807, 2.05) is 18.7 Å². The van der Waals surface area contributed by atoms with Crippen LogP contribution in [0.3, 0.4) is 0 Å². The molecule has 0 radical (unpaired) electrons. The lowest BCUT2D eigenvalue weighted by atomic mass is 10.0. The number of hydrogen-bond acceptors (Lipinski definition) is 2. The Labute approximate surface area is 113 Å². The summed E-state index contributed by atoms with van der Waals surface area (Å²) in [6, 6.07) is -0.0712. The minimum absolute atomic E-state index is 0.0712. The molecule has 2 unspecified atom stereocenters. The van der Waals surface area contributed by atoms with Gasteiger partial charge in [-0.05, 0) is 31.6 Å². The quantitative estimate of drug-likeness (QED) is 0.726. The highest BCUT2D eigenvalue weighted by Crippen LogP contribution is 2.12. The maximum absolute atomic E-state index is 12.4. The Bertz CT molecular complexity index is 225. The molecule has 3 heteroatoms. The zero-order valence-electron chi connectivity index (χ0n) is 13.1. The summed E-state index contributed by atoms with van der Waals surface area (Å²) in [6.07, 6.45) is 2.13. The van der Waals surface area contributed by atoms with Gasteiger partial charge in [0.1, 0.15) is 0 Å². The first-order valence-corrected chi connectivity index (χ1v) is 7.30. The second-order valence-corrected chi connectivity index (χ2v) is 6.34. The summed E-state index contributed by atoms with van der Waals surface area (Å²) >= 11 is 0. The van der Waals surface area contributed by atoms with Gasteiger partial charge in [0.2, 0.25) is 5.91 Å². The lowest BCUT2D eigenvalue weighted by molar-refractivity contribution is -0.135. The van der Waals surface area contributed by atoms with Crippen molar-refractivity contribution >= 4 is 5.91 Å². The van der Waals surface area contributed by atoms with Crippen molar-refractivity contribution in [1.29, 1.82) is 0 Å². The molecule has 108 valence electrons. The number of nitrogens with zero attached hydrogens (tertiary/aromatic N) is 1. The zero-order valence-corrected chi connectivity index (χ0v) is 13.1. The van der Waals surface area contributed by atoms with E-state index in [4.69, 9.17) is 5.73 Å². The van der Waals surface area contributed by atoms with Gasteiger partial charge in [0.25, 0.3) is 0 Å². The molecule has 0 aromatic carbocycles. The maximum atomic E-state index is 12.4. The van der Waals surface area contributed by atoms with Gasteiger partial charge in [0.15, 0.2) is 0 Å². The standard InChI is InChI=1S/C15H32N2O/c1-11(2)7-9-17(10-8-12(3)4)15(18)13(5)14(6)16/h11-14H,7-10,16H2,1-6H3. The summed E-state index contributed by atoms with van der Waals surface area (Å²) in [5, 5.41) is 0. The van der Waals surface area contributed by atoms with Crippen LogP contribution in [0.25, 0.3) is 0 Å². The van der Waals surface area contributed by atoms with Crippen LogP contribution in [0.5, 0.6) is 0 Å². The predicted molar refractivity (Wildman–Crippen MR) is 78.3 cm³/mol. The lowest BCUT2D eigenvalue weighted by Crippen LogP contribution is -2.43. The number of nitrogens with two attached hydrogens (primary N) is 1. The highest BCUT2D eigenvalue weighted by molar-refractivity contribution is 5.79. The first-order chi connectivity index (χ1) is 8.25. The van der Waals surface area contributed by atoms with Gasteiger partial charge in [-0.25, -0.2) is 0 Å². The molecule has 1 amide bonds. The molecule has 0 fully saturated rings. The average Bonchev–Trinajstić information content (AvgIpc) is 2.26. The topological polar surface area (TPSA) is 46.3 Å². The second-order valence-electron chi connectivity index (χ2n) is 6.34. The fourth-order valence-corrected chi connectivity index (χ4v) is 1.67. The first-order valence-electron chi connectivity index (χ1n) is 7.30. The molecule has 18 heavy (non-hydrogen) atoms. The van der Waals surface area contributed by atoms with Gasteiger partial charge in [-0.3, -0.25) is 4.79 Å². The Morgan fingerprint density at radius 2 is 1.33 bits per heavy atom. The van der Waals surface area contributed by atoms with Crippen LogP contribution in [-0.2, 0) is 4.79 Å². The monoisotopic (exact) mass is 256 g/mol. The van der Waals surface area contributed by atoms with Gasteiger partial charge >= 0.3 is 0 Å². The Kier molecular flexibility index (Phi) is 8.25. The van der Waals surface area contributed by atoms with E-state index in [-0.39, 0.29) is 17.9 Å². The number of carbonyl (C=O) groups is 1. The minimum atomic E-state index is -0.0793. The van der Waals surface area contributed by atoms with E-state index in [0.29, 0.717) is 11.8 Å². The Morgan fingerprint density at radius 3 is 1.61 bits per heavy atom. The molecule has 0 aromatic rings. The van der Waals surface area contributed by atoms with E-state index in [9.17, 15) is 4.79 Å². The van der Waals surface area contributed by atoms with Crippen LogP contribution in [0, 0.1) is 17.8 Å². The summed E-state index contributed by atoms with van der Waals surface area (Å²) in [4.78, 5) is 14.4. The molecule has 0 spiro atoms. The number of carbonyl (C=O) groups excluding carboxylic acids is 1. The van der Waals surface area contributed by atoms with Crippen LogP contribution >= 0.6 is 0 Å². The normalized spacial score (nSPS) is 14.9. The Morgan fingerprint density at radius 1 is 0.944 bits per heavy atom. The predicted octanol–water partition coefficient (Wildman–Crippen LogP) is 2.89. The number of rotatable bonds is 8. The van der Waals surface area contributed by atoms with Crippen LogP contribution in [0.15, 0.2) is 0 Å². The molecule has 0 aliphatic heterocycles. The second kappa shape index (κ2) is 8.52. The van der Waals surface area contributed by atoms with Crippen LogP contribution in [-0.4, -0.2) is 29.9 Å². The van der Waals surface area contributed by atoms with Crippen molar-refractivity contribution < 1.29 is 4.79 Å². The molecule has 0 bridgehead atoms. The lowest BCUT2D eigenvalue weighted by Gasteiger charge is -2.28. The summed E-state index contributed by atoms with van der Waals surface area (Å²) in [6.45, 7) is 14.3. The van der Waals surface area contributed by atoms with Crippen molar-refractivity contribution in [2.45, 2.75) is 60.4 Å². The molecule has 2 N–H and O–H groups in total. The van der Waals surface area contributed by atoms with Gasteiger partial charge in [-0.15, -0.1) is 0 Å². The summed E-state index contributed by atoms with van der Waals surface area (Å²) < 4.78 is 0. The van der Waals surface area contributed by atoms with Crippen LogP contribution in [0.1, 0.15) is 54.4 Å². The first kappa shape index (κ1) is 17.4. The average molecular weight is 256 g/mol. The third-order valence-corrected chi connectivity index (χ3v) is 3.44. The van der Waals surface area contributed by atoms with Gasteiger partial charge in [-0.1, -0.05) is 34.6 Å². The zero-order chi connectivity index (χ0) is 14.3. The smallest absolute Gasteiger partial charge is 0.226 e. The SMILES string of the molecule is CC(C)CCN(CCC(C)C)C(=O)C(C)C(C)N. The van der Waals surface area contributed by atoms with Crippen LogP contribution < -0.4 is 5.73 Å². The largest absolute Gasteiger partial charge is 0.342 e. The van der Waals surface area contributed by atoms with E-state index < -0.39 is 0 Å². The fourth-order valence-electron chi connectivity index (χ4n) is 1.67. The number of amides is 1. The van der Waals surface area contributed by atoms with E-state index in [1.165, 1.54) is 0 Å². The van der Waals surface area contributed by atoms with Crippen molar-refractivity contribution in [3.63, 3.8) is 0 Å². The molecule has 0 aliphatic carbocycles. The molecule has 3 nitrogen and oxygen atoms in total. The van der Waals surface area contributed by atoms with Gasteiger partial charge in [0.05, 0.1) is 5.92 Å². The Balaban J connectivity index is 4.48. The van der Waals surface area contributed by atoms with Crippen molar-refractivity contribution in [1.82, 2.24) is 4.90 Å². The molecule has 0 rings (SSSR count). The third-order valence-electron chi connectivity index (χ3n) is 3.44. The summed E-state index contributed by atoms with van der Waals surface area (Å²) in [5.41, 5.74) is 5.84. The van der Waals surface area contributed by atoms with Crippen molar-refractivity contribution in [2.75, 3.05) is 13.1 Å². The van der Waals surface area contributed by atoms with Gasteiger partial charge < -0.3 is 10.6 Å². The molecular weight excluding hydrogens is 224 g/mol. The van der Waals surface area contributed by atoms with E-state index in [1.54, 1.807) is 0 Å². The highest BCUT2D eigenvalue weighted by Gasteiger charge is 2.23. The molecule has 2 atom stereocenters. The minimum Gasteiger partial charge on any atom is -0.342 e. The van der Waals surface area contributed by atoms with Crippen molar-refractivity contribution in [3.05, 3.63) is 0 Å². The maximum Gasteiger partial charge on any atom is 0.226 e. The summed E-state index contributed by atoms with van der Waals surface area (Å²) in [7, 11) is 0. The highest BCUT2D eigenvalue weighted by atomic mass is 16.2. The molecule has 0 aliphatic rings. The van der Waals surface area contributed by atoms with E-state index in [0.717, 1.165) is 25.9 Å². The van der Waals surface area contributed by atoms with Crippen molar-refractivity contribution in [3.8, 4) is 0 Å². The fraction of sp³-hybridized carbons (Fsp3) is 0.933. The molecule has 0 saturated heterocycles. The van der Waals surface area contributed by atoms with Crippen LogP contribution in [0.4, 0.5) is 0 Å². The molecule has 0 aromatic heterocycles. The van der Waals surface area contributed by atoms with Gasteiger partial charge in [0, 0.05) is 19.1 Å². The van der Waals surface area contributed by atoms with Gasteiger partial charge in [-0.2, -0.15) is 0 Å². The molecular formula is C15H32N2O.